The smallest absolute Gasteiger partial charge is 0.191 e. The summed E-state index contributed by atoms with van der Waals surface area (Å²) in [6.07, 6.45) is 1.78. The van der Waals surface area contributed by atoms with Crippen LogP contribution in [-0.4, -0.2) is 29.2 Å². The van der Waals surface area contributed by atoms with Crippen molar-refractivity contribution >= 4 is 5.96 Å². The van der Waals surface area contributed by atoms with Gasteiger partial charge in [0.15, 0.2) is 5.96 Å². The Hall–Kier alpha value is -2.37. The Morgan fingerprint density at radius 1 is 1.30 bits per heavy atom. The number of aliphatic imine (C=N–C) groups is 1. The number of nitrogens with zero attached hydrogens (tertiary/aromatic N) is 3. The quantitative estimate of drug-likeness (QED) is 0.633. The van der Waals surface area contributed by atoms with Gasteiger partial charge in [-0.25, -0.2) is 4.99 Å². The van der Waals surface area contributed by atoms with Gasteiger partial charge >= 0.3 is 0 Å². The Kier molecular flexibility index (Phi) is 6.14. The maximum absolute atomic E-state index is 5.24. The van der Waals surface area contributed by atoms with Crippen LogP contribution in [0.5, 0.6) is 0 Å². The molecular weight excluding hydrogens is 290 g/mol. The highest BCUT2D eigenvalue weighted by Crippen LogP contribution is 2.22. The number of pyridine rings is 1. The van der Waals surface area contributed by atoms with Crippen molar-refractivity contribution in [1.29, 1.82) is 0 Å². The van der Waals surface area contributed by atoms with Crippen LogP contribution in [0, 0.1) is 13.8 Å². The molecule has 2 N–H and O–H groups in total. The first-order valence-electron chi connectivity index (χ1n) is 7.96. The summed E-state index contributed by atoms with van der Waals surface area (Å²) >= 11 is 0. The Bertz CT molecular complexity index is 616. The molecule has 2 aromatic rings. The molecular formula is C17H25N5O. The first-order chi connectivity index (χ1) is 11.1. The Labute approximate surface area is 137 Å². The van der Waals surface area contributed by atoms with Gasteiger partial charge in [0.25, 0.3) is 0 Å². The lowest BCUT2D eigenvalue weighted by molar-refractivity contribution is 0.391. The molecule has 1 atom stereocenters. The molecule has 0 spiro atoms. The summed E-state index contributed by atoms with van der Waals surface area (Å²) in [6.45, 7) is 10.3. The van der Waals surface area contributed by atoms with E-state index in [2.05, 4.69) is 39.6 Å². The second-order valence-electron chi connectivity index (χ2n) is 5.54. The second kappa shape index (κ2) is 8.31. The van der Waals surface area contributed by atoms with Crippen LogP contribution in [0.1, 0.15) is 42.5 Å². The van der Waals surface area contributed by atoms with Gasteiger partial charge in [0.1, 0.15) is 5.76 Å². The van der Waals surface area contributed by atoms with Gasteiger partial charge in [-0.1, -0.05) is 18.1 Å². The third kappa shape index (κ3) is 4.81. The van der Waals surface area contributed by atoms with E-state index in [0.29, 0.717) is 12.5 Å². The molecule has 0 saturated carbocycles. The number of hydrogen-bond donors (Lipinski definition) is 2. The molecule has 0 aliphatic heterocycles. The number of hydrogen-bond acceptors (Lipinski definition) is 4. The van der Waals surface area contributed by atoms with E-state index in [-0.39, 0.29) is 0 Å². The van der Waals surface area contributed by atoms with Crippen LogP contribution in [0.2, 0.25) is 0 Å². The van der Waals surface area contributed by atoms with Gasteiger partial charge in [-0.2, -0.15) is 0 Å². The molecule has 0 aliphatic carbocycles. The van der Waals surface area contributed by atoms with Gasteiger partial charge in [0, 0.05) is 30.8 Å². The van der Waals surface area contributed by atoms with Crippen LogP contribution >= 0.6 is 0 Å². The molecule has 2 rings (SSSR count). The summed E-state index contributed by atoms with van der Waals surface area (Å²) in [5.74, 6) is 1.96. The Morgan fingerprint density at radius 2 is 2.13 bits per heavy atom. The monoisotopic (exact) mass is 315 g/mol. The zero-order valence-electron chi connectivity index (χ0n) is 14.3. The van der Waals surface area contributed by atoms with Crippen LogP contribution in [0.4, 0.5) is 0 Å². The average Bonchev–Trinajstić information content (AvgIpc) is 2.89. The molecule has 2 heterocycles. The summed E-state index contributed by atoms with van der Waals surface area (Å²) in [4.78, 5) is 8.86. The fourth-order valence-electron chi connectivity index (χ4n) is 2.54. The largest absolute Gasteiger partial charge is 0.361 e. The van der Waals surface area contributed by atoms with Crippen molar-refractivity contribution in [1.82, 2.24) is 20.8 Å². The highest BCUT2D eigenvalue weighted by atomic mass is 16.5. The first-order valence-corrected chi connectivity index (χ1v) is 7.96. The Morgan fingerprint density at radius 3 is 2.74 bits per heavy atom. The lowest BCUT2D eigenvalue weighted by atomic mass is 10.00. The molecule has 0 aromatic carbocycles. The molecule has 0 aliphatic rings. The van der Waals surface area contributed by atoms with E-state index in [1.165, 1.54) is 0 Å². The second-order valence-corrected chi connectivity index (χ2v) is 5.54. The van der Waals surface area contributed by atoms with Crippen LogP contribution in [0.25, 0.3) is 0 Å². The molecule has 23 heavy (non-hydrogen) atoms. The summed E-state index contributed by atoms with van der Waals surface area (Å²) in [5, 5.41) is 10.6. The normalized spacial score (nSPS) is 13.0. The van der Waals surface area contributed by atoms with Gasteiger partial charge in [-0.05, 0) is 32.9 Å². The number of aryl methyl sites for hydroxylation is 2. The molecule has 2 aromatic heterocycles. The number of guanidine groups is 1. The van der Waals surface area contributed by atoms with Crippen molar-refractivity contribution < 1.29 is 4.52 Å². The number of nitrogens with one attached hydrogen (secondary N) is 2. The number of rotatable bonds is 6. The van der Waals surface area contributed by atoms with Crippen molar-refractivity contribution in [2.24, 2.45) is 4.99 Å². The minimum Gasteiger partial charge on any atom is -0.361 e. The highest BCUT2D eigenvalue weighted by molar-refractivity contribution is 5.79. The van der Waals surface area contributed by atoms with Crippen LogP contribution in [0.15, 0.2) is 33.9 Å². The van der Waals surface area contributed by atoms with E-state index in [9.17, 15) is 0 Å². The van der Waals surface area contributed by atoms with Crippen molar-refractivity contribution in [3.63, 3.8) is 0 Å². The summed E-state index contributed by atoms with van der Waals surface area (Å²) < 4.78 is 5.24. The predicted molar refractivity (Wildman–Crippen MR) is 91.4 cm³/mol. The maximum atomic E-state index is 5.24. The molecule has 6 heteroatoms. The van der Waals surface area contributed by atoms with Crippen molar-refractivity contribution in [2.75, 3.05) is 13.1 Å². The zero-order valence-corrected chi connectivity index (χ0v) is 14.3. The molecule has 0 fully saturated rings. The van der Waals surface area contributed by atoms with Gasteiger partial charge in [-0.3, -0.25) is 4.98 Å². The van der Waals surface area contributed by atoms with E-state index in [4.69, 9.17) is 4.52 Å². The van der Waals surface area contributed by atoms with E-state index >= 15 is 0 Å². The zero-order chi connectivity index (χ0) is 16.7. The summed E-state index contributed by atoms with van der Waals surface area (Å²) in [5.41, 5.74) is 3.06. The van der Waals surface area contributed by atoms with Gasteiger partial charge in [-0.15, -0.1) is 0 Å². The van der Waals surface area contributed by atoms with E-state index in [1.807, 2.05) is 32.0 Å². The summed E-state index contributed by atoms with van der Waals surface area (Å²) in [6, 6.07) is 5.85. The van der Waals surface area contributed by atoms with Crippen molar-refractivity contribution in [3.8, 4) is 0 Å². The minimum atomic E-state index is 0.292. The topological polar surface area (TPSA) is 75.3 Å². The average molecular weight is 315 g/mol. The molecule has 0 amide bonds. The summed E-state index contributed by atoms with van der Waals surface area (Å²) in [7, 11) is 0. The molecule has 1 unspecified atom stereocenters. The standard InChI is InChI=1S/C17H25N5O/c1-5-18-17(21-11-15-8-6-7-9-19-15)20-10-12(2)16-13(3)22-23-14(16)4/h6-9,12H,5,10-11H2,1-4H3,(H2,18,20,21). The van der Waals surface area contributed by atoms with Crippen LogP contribution < -0.4 is 10.6 Å². The van der Waals surface area contributed by atoms with Gasteiger partial charge in [0.05, 0.1) is 17.9 Å². The fraction of sp³-hybridized carbons (Fsp3) is 0.471. The van der Waals surface area contributed by atoms with Crippen molar-refractivity contribution in [3.05, 3.63) is 47.1 Å². The fourth-order valence-corrected chi connectivity index (χ4v) is 2.54. The first kappa shape index (κ1) is 17.0. The van der Waals surface area contributed by atoms with Crippen LogP contribution in [0.3, 0.4) is 0 Å². The van der Waals surface area contributed by atoms with E-state index < -0.39 is 0 Å². The van der Waals surface area contributed by atoms with Crippen molar-refractivity contribution in [2.45, 2.75) is 40.2 Å². The third-order valence-corrected chi connectivity index (χ3v) is 3.63. The highest BCUT2D eigenvalue weighted by Gasteiger charge is 2.16. The molecule has 0 saturated heterocycles. The van der Waals surface area contributed by atoms with Gasteiger partial charge in [0.2, 0.25) is 0 Å². The Balaban J connectivity index is 1.96. The molecule has 6 nitrogen and oxygen atoms in total. The third-order valence-electron chi connectivity index (χ3n) is 3.63. The maximum Gasteiger partial charge on any atom is 0.191 e. The van der Waals surface area contributed by atoms with E-state index in [0.717, 1.165) is 41.8 Å². The lowest BCUT2D eigenvalue weighted by Gasteiger charge is -2.16. The van der Waals surface area contributed by atoms with Gasteiger partial charge < -0.3 is 15.2 Å². The van der Waals surface area contributed by atoms with Crippen LogP contribution in [-0.2, 0) is 6.54 Å². The SMILES string of the molecule is CCNC(=NCc1ccccn1)NCC(C)c1c(C)noc1C. The molecule has 0 bridgehead atoms. The predicted octanol–water partition coefficient (Wildman–Crippen LogP) is 2.55. The lowest BCUT2D eigenvalue weighted by Crippen LogP contribution is -2.39. The van der Waals surface area contributed by atoms with E-state index in [1.54, 1.807) is 6.20 Å². The molecule has 124 valence electrons. The number of aromatic nitrogens is 2. The minimum absolute atomic E-state index is 0.292. The molecule has 0 radical (unpaired) electrons.